The van der Waals surface area contributed by atoms with Crippen molar-refractivity contribution in [3.8, 4) is 21.8 Å². The van der Waals surface area contributed by atoms with Gasteiger partial charge in [0, 0.05) is 36.0 Å². The number of amides is 2. The number of ether oxygens (including phenoxy) is 1. The van der Waals surface area contributed by atoms with Gasteiger partial charge in [0.2, 0.25) is 0 Å². The van der Waals surface area contributed by atoms with Gasteiger partial charge in [-0.1, -0.05) is 5.16 Å². The van der Waals surface area contributed by atoms with E-state index in [0.29, 0.717) is 59.2 Å². The summed E-state index contributed by atoms with van der Waals surface area (Å²) in [5, 5.41) is 9.51. The summed E-state index contributed by atoms with van der Waals surface area (Å²) in [6, 6.07) is 6.02. The molecule has 3 aromatic rings. The first-order chi connectivity index (χ1) is 17.0. The van der Waals surface area contributed by atoms with Crippen molar-refractivity contribution in [1.29, 1.82) is 0 Å². The van der Waals surface area contributed by atoms with Gasteiger partial charge < -0.3 is 19.5 Å². The summed E-state index contributed by atoms with van der Waals surface area (Å²) in [6.45, 7) is 10.4. The van der Waals surface area contributed by atoms with Gasteiger partial charge in [-0.25, -0.2) is 14.2 Å². The predicted molar refractivity (Wildman–Crippen MR) is 135 cm³/mol. The van der Waals surface area contributed by atoms with Crippen molar-refractivity contribution >= 4 is 23.3 Å². The summed E-state index contributed by atoms with van der Waals surface area (Å²) >= 11 is 1.33. The number of rotatable bonds is 5. The van der Waals surface area contributed by atoms with Crippen LogP contribution in [0.4, 0.5) is 9.18 Å². The molecule has 3 heterocycles. The first-order valence-corrected chi connectivity index (χ1v) is 12.9. The Morgan fingerprint density at radius 2 is 1.86 bits per heavy atom. The fraction of sp³-hybridized carbons (Fsp3) is 0.462. The molecule has 0 saturated carbocycles. The Morgan fingerprint density at radius 1 is 1.19 bits per heavy atom. The second-order valence-electron chi connectivity index (χ2n) is 10.2. The van der Waals surface area contributed by atoms with Crippen LogP contribution in [0.15, 0.2) is 34.2 Å². The molecule has 4 rings (SSSR count). The molecule has 1 aromatic carbocycles. The van der Waals surface area contributed by atoms with Crippen LogP contribution in [0.2, 0.25) is 0 Å². The summed E-state index contributed by atoms with van der Waals surface area (Å²) in [7, 11) is 0. The molecule has 1 aliphatic rings. The third-order valence-electron chi connectivity index (χ3n) is 5.72. The van der Waals surface area contributed by atoms with Gasteiger partial charge in [0.15, 0.2) is 5.76 Å². The topological polar surface area (TPSA) is 97.6 Å². The first kappa shape index (κ1) is 25.8. The van der Waals surface area contributed by atoms with E-state index in [1.54, 1.807) is 22.4 Å². The molecule has 2 amide bonds. The van der Waals surface area contributed by atoms with E-state index in [9.17, 15) is 14.0 Å². The summed E-state index contributed by atoms with van der Waals surface area (Å²) in [4.78, 5) is 31.3. The molecule has 0 spiro atoms. The third-order valence-corrected chi connectivity index (χ3v) is 6.58. The highest BCUT2D eigenvalue weighted by Crippen LogP contribution is 2.42. The number of carbonyl (C=O) groups is 2. The van der Waals surface area contributed by atoms with Crippen molar-refractivity contribution in [2.24, 2.45) is 0 Å². The molecule has 192 valence electrons. The van der Waals surface area contributed by atoms with Crippen LogP contribution in [0.1, 0.15) is 69.6 Å². The van der Waals surface area contributed by atoms with E-state index in [4.69, 9.17) is 9.26 Å². The fourth-order valence-corrected chi connectivity index (χ4v) is 4.92. The fourth-order valence-electron chi connectivity index (χ4n) is 4.07. The van der Waals surface area contributed by atoms with E-state index in [1.807, 2.05) is 34.6 Å². The number of hydrogen-bond donors (Lipinski definition) is 1. The normalized spacial score (nSPS) is 14.8. The van der Waals surface area contributed by atoms with Gasteiger partial charge in [-0.05, 0) is 71.7 Å². The summed E-state index contributed by atoms with van der Waals surface area (Å²) < 4.78 is 25.0. The van der Waals surface area contributed by atoms with Crippen LogP contribution in [-0.2, 0) is 4.74 Å². The highest BCUT2D eigenvalue weighted by Gasteiger charge is 2.33. The zero-order valence-electron chi connectivity index (χ0n) is 21.1. The van der Waals surface area contributed by atoms with Crippen LogP contribution in [0, 0.1) is 5.82 Å². The van der Waals surface area contributed by atoms with E-state index in [-0.39, 0.29) is 29.8 Å². The standard InChI is InChI=1S/C26H31FN4O4S/c1-15(2)28-23(32)19-14-36-24(29-19)20-21(16-6-8-18(27)9-7-16)30-35-22(20)17-10-12-31(13-11-17)25(33)34-26(3,4)5/h6-9,14-15,17H,10-13H2,1-5H3,(H,28,32). The number of nitrogens with one attached hydrogen (secondary N) is 1. The number of aromatic nitrogens is 2. The molecule has 10 heteroatoms. The maximum Gasteiger partial charge on any atom is 0.410 e. The molecule has 1 saturated heterocycles. The quantitative estimate of drug-likeness (QED) is 0.458. The van der Waals surface area contributed by atoms with Crippen LogP contribution < -0.4 is 5.32 Å². The van der Waals surface area contributed by atoms with E-state index in [2.05, 4.69) is 15.5 Å². The number of benzene rings is 1. The molecular formula is C26H31FN4O4S. The molecule has 8 nitrogen and oxygen atoms in total. The lowest BCUT2D eigenvalue weighted by Crippen LogP contribution is -2.41. The Kier molecular flexibility index (Phi) is 7.44. The average Bonchev–Trinajstić information content (AvgIpc) is 3.45. The minimum Gasteiger partial charge on any atom is -0.444 e. The minimum atomic E-state index is -0.555. The van der Waals surface area contributed by atoms with E-state index in [1.165, 1.54) is 23.5 Å². The Labute approximate surface area is 213 Å². The second-order valence-corrected chi connectivity index (χ2v) is 11.0. The molecule has 36 heavy (non-hydrogen) atoms. The van der Waals surface area contributed by atoms with Gasteiger partial charge >= 0.3 is 6.09 Å². The van der Waals surface area contributed by atoms with Crippen LogP contribution in [0.3, 0.4) is 0 Å². The van der Waals surface area contributed by atoms with Gasteiger partial charge in [-0.15, -0.1) is 11.3 Å². The van der Waals surface area contributed by atoms with E-state index < -0.39 is 5.60 Å². The average molecular weight is 515 g/mol. The monoisotopic (exact) mass is 514 g/mol. The van der Waals surface area contributed by atoms with E-state index >= 15 is 0 Å². The van der Waals surface area contributed by atoms with Gasteiger partial charge in [0.25, 0.3) is 5.91 Å². The minimum absolute atomic E-state index is 0.00257. The largest absolute Gasteiger partial charge is 0.444 e. The number of piperidine rings is 1. The van der Waals surface area contributed by atoms with Crippen LogP contribution in [-0.4, -0.2) is 51.8 Å². The van der Waals surface area contributed by atoms with Crippen molar-refractivity contribution in [2.45, 2.75) is 65.0 Å². The number of carbonyl (C=O) groups excluding carboxylic acids is 2. The molecular weight excluding hydrogens is 483 g/mol. The molecule has 0 unspecified atom stereocenters. The molecule has 0 bridgehead atoms. The summed E-state index contributed by atoms with van der Waals surface area (Å²) in [5.41, 5.74) is 1.70. The van der Waals surface area contributed by atoms with Crippen LogP contribution in [0.25, 0.3) is 21.8 Å². The third kappa shape index (κ3) is 5.92. The highest BCUT2D eigenvalue weighted by atomic mass is 32.1. The van der Waals surface area contributed by atoms with Crippen molar-refractivity contribution in [3.63, 3.8) is 0 Å². The van der Waals surface area contributed by atoms with Gasteiger partial charge in [0.1, 0.15) is 27.8 Å². The SMILES string of the molecule is CC(C)NC(=O)c1csc(-c2c(-c3ccc(F)cc3)noc2C2CCN(C(=O)OC(C)(C)C)CC2)n1. The zero-order chi connectivity index (χ0) is 26.0. The number of nitrogens with zero attached hydrogens (tertiary/aromatic N) is 3. The first-order valence-electron chi connectivity index (χ1n) is 12.0. The molecule has 0 radical (unpaired) electrons. The predicted octanol–water partition coefficient (Wildman–Crippen LogP) is 5.86. The summed E-state index contributed by atoms with van der Waals surface area (Å²) in [6.07, 6.45) is 0.999. The van der Waals surface area contributed by atoms with Crippen molar-refractivity contribution in [2.75, 3.05) is 13.1 Å². The number of likely N-dealkylation sites (tertiary alicyclic amines) is 1. The maximum absolute atomic E-state index is 13.6. The lowest BCUT2D eigenvalue weighted by Gasteiger charge is -2.32. The molecule has 1 aliphatic heterocycles. The lowest BCUT2D eigenvalue weighted by atomic mass is 9.91. The van der Waals surface area contributed by atoms with E-state index in [0.717, 1.165) is 0 Å². The Morgan fingerprint density at radius 3 is 2.47 bits per heavy atom. The van der Waals surface area contributed by atoms with Crippen LogP contribution >= 0.6 is 11.3 Å². The van der Waals surface area contributed by atoms with Crippen LogP contribution in [0.5, 0.6) is 0 Å². The molecule has 2 aromatic heterocycles. The van der Waals surface area contributed by atoms with Gasteiger partial charge in [-0.3, -0.25) is 4.79 Å². The molecule has 1 N–H and O–H groups in total. The molecule has 1 fully saturated rings. The van der Waals surface area contributed by atoms with Gasteiger partial charge in [0.05, 0.1) is 5.56 Å². The van der Waals surface area contributed by atoms with Crippen molar-refractivity contribution in [1.82, 2.24) is 20.4 Å². The van der Waals surface area contributed by atoms with Crippen molar-refractivity contribution < 1.29 is 23.2 Å². The van der Waals surface area contributed by atoms with Crippen molar-refractivity contribution in [3.05, 3.63) is 46.9 Å². The zero-order valence-corrected chi connectivity index (χ0v) is 21.9. The number of hydrogen-bond acceptors (Lipinski definition) is 7. The smallest absolute Gasteiger partial charge is 0.410 e. The molecule has 0 aliphatic carbocycles. The second kappa shape index (κ2) is 10.4. The summed E-state index contributed by atoms with van der Waals surface area (Å²) in [5.74, 6) is 0.0560. The number of halogens is 1. The lowest BCUT2D eigenvalue weighted by molar-refractivity contribution is 0.0199. The Hall–Kier alpha value is -3.27. The number of thiazole rings is 1. The Bertz CT molecular complexity index is 1220. The highest BCUT2D eigenvalue weighted by molar-refractivity contribution is 7.13. The maximum atomic E-state index is 13.6. The molecule has 0 atom stereocenters. The van der Waals surface area contributed by atoms with Gasteiger partial charge in [-0.2, -0.15) is 0 Å². The Balaban J connectivity index is 1.64.